The molecule has 5 nitrogen and oxygen atoms in total. The molecule has 0 spiro atoms. The Bertz CT molecular complexity index is 636. The second kappa shape index (κ2) is 8.33. The number of aryl methyl sites for hydroxylation is 1. The lowest BCUT2D eigenvalue weighted by atomic mass is 10.2. The van der Waals surface area contributed by atoms with Crippen molar-refractivity contribution >= 4 is 34.6 Å². The first kappa shape index (κ1) is 17.0. The fourth-order valence-electron chi connectivity index (χ4n) is 1.98. The predicted octanol–water partition coefficient (Wildman–Crippen LogP) is 3.85. The van der Waals surface area contributed by atoms with Crippen LogP contribution in [0, 0.1) is 0 Å². The Hall–Kier alpha value is -2.34. The summed E-state index contributed by atoms with van der Waals surface area (Å²) in [6, 6.07) is 8.93. The second-order valence-corrected chi connectivity index (χ2v) is 6.29. The Morgan fingerprint density at radius 3 is 2.26 bits per heavy atom. The molecule has 0 saturated carbocycles. The van der Waals surface area contributed by atoms with Crippen molar-refractivity contribution in [1.29, 1.82) is 0 Å². The molecule has 3 amide bonds. The third kappa shape index (κ3) is 6.12. The molecule has 0 atom stereocenters. The Balaban J connectivity index is 1.80. The van der Waals surface area contributed by atoms with Crippen LogP contribution in [0.25, 0.3) is 0 Å². The number of thiophene rings is 1. The van der Waals surface area contributed by atoms with Crippen LogP contribution in [-0.2, 0) is 11.2 Å². The van der Waals surface area contributed by atoms with E-state index in [2.05, 4.69) is 21.3 Å². The Morgan fingerprint density at radius 2 is 1.70 bits per heavy atom. The second-order valence-electron chi connectivity index (χ2n) is 5.51. The number of hydrogen-bond donors (Lipinski definition) is 3. The van der Waals surface area contributed by atoms with Gasteiger partial charge in [0.15, 0.2) is 0 Å². The molecule has 0 bridgehead atoms. The van der Waals surface area contributed by atoms with Crippen LogP contribution in [0.5, 0.6) is 0 Å². The van der Waals surface area contributed by atoms with Crippen LogP contribution in [-0.4, -0.2) is 18.0 Å². The molecular formula is C17H21N3O2S. The molecule has 1 aromatic carbocycles. The van der Waals surface area contributed by atoms with Crippen LogP contribution < -0.4 is 16.0 Å². The lowest BCUT2D eigenvalue weighted by Gasteiger charge is -2.11. The SMILES string of the molecule is CC(C)NC(=O)Nc1ccc(NC(=O)CCc2ccsc2)cc1. The highest BCUT2D eigenvalue weighted by molar-refractivity contribution is 7.07. The number of nitrogens with one attached hydrogen (secondary N) is 3. The Kier molecular flexibility index (Phi) is 6.17. The first-order valence-corrected chi connectivity index (χ1v) is 8.45. The fourth-order valence-corrected chi connectivity index (χ4v) is 2.69. The smallest absolute Gasteiger partial charge is 0.319 e. The van der Waals surface area contributed by atoms with Crippen molar-refractivity contribution in [2.24, 2.45) is 0 Å². The van der Waals surface area contributed by atoms with Crippen molar-refractivity contribution in [3.05, 3.63) is 46.7 Å². The van der Waals surface area contributed by atoms with Gasteiger partial charge in [0.25, 0.3) is 0 Å². The largest absolute Gasteiger partial charge is 0.336 e. The minimum Gasteiger partial charge on any atom is -0.336 e. The van der Waals surface area contributed by atoms with E-state index in [0.717, 1.165) is 12.1 Å². The minimum atomic E-state index is -0.243. The van der Waals surface area contributed by atoms with Crippen LogP contribution in [0.1, 0.15) is 25.8 Å². The number of carbonyl (C=O) groups is 2. The third-order valence-electron chi connectivity index (χ3n) is 3.07. The van der Waals surface area contributed by atoms with Gasteiger partial charge in [-0.05, 0) is 66.9 Å². The van der Waals surface area contributed by atoms with Gasteiger partial charge in [-0.1, -0.05) is 0 Å². The summed E-state index contributed by atoms with van der Waals surface area (Å²) in [5.74, 6) is -0.0190. The number of hydrogen-bond acceptors (Lipinski definition) is 3. The molecule has 122 valence electrons. The van der Waals surface area contributed by atoms with Crippen LogP contribution in [0.2, 0.25) is 0 Å². The van der Waals surface area contributed by atoms with Gasteiger partial charge >= 0.3 is 6.03 Å². The summed E-state index contributed by atoms with van der Waals surface area (Å²) in [6.07, 6.45) is 1.19. The van der Waals surface area contributed by atoms with Gasteiger partial charge in [-0.15, -0.1) is 0 Å². The highest BCUT2D eigenvalue weighted by atomic mass is 32.1. The average Bonchev–Trinajstić information content (AvgIpc) is 3.00. The number of urea groups is 1. The lowest BCUT2D eigenvalue weighted by Crippen LogP contribution is -2.34. The summed E-state index contributed by atoms with van der Waals surface area (Å²) in [5.41, 5.74) is 2.58. The zero-order valence-corrected chi connectivity index (χ0v) is 14.1. The Morgan fingerprint density at radius 1 is 1.04 bits per heavy atom. The number of anilines is 2. The predicted molar refractivity (Wildman–Crippen MR) is 95.0 cm³/mol. The van der Waals surface area contributed by atoms with Gasteiger partial charge in [-0.2, -0.15) is 11.3 Å². The highest BCUT2D eigenvalue weighted by Gasteiger charge is 2.05. The maximum absolute atomic E-state index is 11.9. The van der Waals surface area contributed by atoms with E-state index in [9.17, 15) is 9.59 Å². The van der Waals surface area contributed by atoms with Gasteiger partial charge in [-0.3, -0.25) is 4.79 Å². The maximum Gasteiger partial charge on any atom is 0.319 e. The van der Waals surface area contributed by atoms with E-state index in [1.165, 1.54) is 5.56 Å². The van der Waals surface area contributed by atoms with Crippen LogP contribution >= 0.6 is 11.3 Å². The normalized spacial score (nSPS) is 10.4. The van der Waals surface area contributed by atoms with Crippen LogP contribution in [0.15, 0.2) is 41.1 Å². The molecule has 1 aromatic heterocycles. The topological polar surface area (TPSA) is 70.2 Å². The van der Waals surface area contributed by atoms with Crippen molar-refractivity contribution in [2.75, 3.05) is 10.6 Å². The van der Waals surface area contributed by atoms with Gasteiger partial charge in [0.2, 0.25) is 5.91 Å². The molecular weight excluding hydrogens is 310 g/mol. The molecule has 23 heavy (non-hydrogen) atoms. The van der Waals surface area contributed by atoms with E-state index in [4.69, 9.17) is 0 Å². The maximum atomic E-state index is 11.9. The summed E-state index contributed by atoms with van der Waals surface area (Å²) in [7, 11) is 0. The van der Waals surface area contributed by atoms with Crippen LogP contribution in [0.3, 0.4) is 0 Å². The van der Waals surface area contributed by atoms with E-state index in [-0.39, 0.29) is 18.0 Å². The molecule has 6 heteroatoms. The highest BCUT2D eigenvalue weighted by Crippen LogP contribution is 2.14. The molecule has 0 unspecified atom stereocenters. The van der Waals surface area contributed by atoms with Gasteiger partial charge in [-0.25, -0.2) is 4.79 Å². The molecule has 2 rings (SSSR count). The molecule has 0 aliphatic rings. The quantitative estimate of drug-likeness (QED) is 0.752. The van der Waals surface area contributed by atoms with Gasteiger partial charge in [0.05, 0.1) is 0 Å². The number of carbonyl (C=O) groups excluding carboxylic acids is 2. The molecule has 0 aliphatic carbocycles. The van der Waals surface area contributed by atoms with E-state index in [1.807, 2.05) is 25.3 Å². The summed E-state index contributed by atoms with van der Waals surface area (Å²) < 4.78 is 0. The zero-order chi connectivity index (χ0) is 16.7. The third-order valence-corrected chi connectivity index (χ3v) is 3.80. The number of benzene rings is 1. The van der Waals surface area contributed by atoms with Crippen molar-refractivity contribution in [1.82, 2.24) is 5.32 Å². The minimum absolute atomic E-state index is 0.0190. The molecule has 1 heterocycles. The summed E-state index contributed by atoms with van der Waals surface area (Å²) in [6.45, 7) is 3.79. The van der Waals surface area contributed by atoms with Crippen LogP contribution in [0.4, 0.5) is 16.2 Å². The fraction of sp³-hybridized carbons (Fsp3) is 0.294. The van der Waals surface area contributed by atoms with Crippen molar-refractivity contribution in [2.45, 2.75) is 32.7 Å². The first-order chi connectivity index (χ1) is 11.0. The molecule has 0 radical (unpaired) electrons. The molecule has 0 aliphatic heterocycles. The number of amides is 3. The Labute approximate surface area is 140 Å². The van der Waals surface area contributed by atoms with E-state index >= 15 is 0 Å². The summed E-state index contributed by atoms with van der Waals surface area (Å²) in [5, 5.41) is 12.4. The summed E-state index contributed by atoms with van der Waals surface area (Å²) in [4.78, 5) is 23.5. The van der Waals surface area contributed by atoms with Crippen molar-refractivity contribution < 1.29 is 9.59 Å². The average molecular weight is 331 g/mol. The molecule has 2 aromatic rings. The molecule has 0 saturated heterocycles. The van der Waals surface area contributed by atoms with Crippen molar-refractivity contribution in [3.63, 3.8) is 0 Å². The standard InChI is InChI=1S/C17H21N3O2S/c1-12(2)18-17(22)20-15-6-4-14(5-7-15)19-16(21)8-3-13-9-10-23-11-13/h4-7,9-12H,3,8H2,1-2H3,(H,19,21)(H2,18,20,22). The van der Waals surface area contributed by atoms with Gasteiger partial charge < -0.3 is 16.0 Å². The first-order valence-electron chi connectivity index (χ1n) is 7.51. The van der Waals surface area contributed by atoms with Crippen molar-refractivity contribution in [3.8, 4) is 0 Å². The van der Waals surface area contributed by atoms with E-state index in [1.54, 1.807) is 35.6 Å². The lowest BCUT2D eigenvalue weighted by molar-refractivity contribution is -0.116. The van der Waals surface area contributed by atoms with E-state index < -0.39 is 0 Å². The zero-order valence-electron chi connectivity index (χ0n) is 13.3. The number of rotatable bonds is 6. The summed E-state index contributed by atoms with van der Waals surface area (Å²) >= 11 is 1.63. The molecule has 0 fully saturated rings. The van der Waals surface area contributed by atoms with E-state index in [0.29, 0.717) is 12.1 Å². The van der Waals surface area contributed by atoms with Gasteiger partial charge in [0.1, 0.15) is 0 Å². The molecule has 3 N–H and O–H groups in total. The monoisotopic (exact) mass is 331 g/mol. The van der Waals surface area contributed by atoms with Gasteiger partial charge in [0, 0.05) is 23.8 Å².